The van der Waals surface area contributed by atoms with Crippen LogP contribution >= 0.6 is 0 Å². The Kier molecular flexibility index (Phi) is 19.1. The normalized spacial score (nSPS) is 12.5. The van der Waals surface area contributed by atoms with Crippen LogP contribution < -0.4 is 26.9 Å². The topological polar surface area (TPSA) is 73.4 Å². The van der Waals surface area contributed by atoms with Crippen LogP contribution in [0.4, 0.5) is 0 Å². The van der Waals surface area contributed by atoms with Crippen LogP contribution in [0.25, 0.3) is 0 Å². The quantitative estimate of drug-likeness (QED) is 0.171. The SMILES string of the molecule is O=C(CCCCCCCCCCCCCCC[n+]1ccccc1)N[C@H](CO)[C@H](O)c1ccccc1.[Br-]. The second kappa shape index (κ2) is 21.3. The lowest BCUT2D eigenvalue weighted by Crippen LogP contribution is -3.00. The molecule has 0 unspecified atom stereocenters. The Balaban J connectivity index is 0.00000648. The molecule has 0 saturated carbocycles. The van der Waals surface area contributed by atoms with Crippen LogP contribution in [-0.4, -0.2) is 28.8 Å². The Morgan fingerprint density at radius 2 is 1.19 bits per heavy atom. The molecule has 1 amide bonds. The lowest BCUT2D eigenvalue weighted by molar-refractivity contribution is -0.697. The highest BCUT2D eigenvalue weighted by molar-refractivity contribution is 5.76. The molecule has 5 nitrogen and oxygen atoms in total. The summed E-state index contributed by atoms with van der Waals surface area (Å²) in [5, 5.41) is 22.7. The Morgan fingerprint density at radius 3 is 1.72 bits per heavy atom. The molecule has 6 heteroatoms. The molecule has 2 rings (SSSR count). The third-order valence-corrected chi connectivity index (χ3v) is 6.66. The van der Waals surface area contributed by atoms with Gasteiger partial charge < -0.3 is 32.5 Å². The molecule has 0 aliphatic rings. The Morgan fingerprint density at radius 1 is 0.722 bits per heavy atom. The van der Waals surface area contributed by atoms with Crippen LogP contribution in [-0.2, 0) is 11.3 Å². The number of amides is 1. The summed E-state index contributed by atoms with van der Waals surface area (Å²) < 4.78 is 2.26. The molecule has 0 aliphatic heterocycles. The summed E-state index contributed by atoms with van der Waals surface area (Å²) in [7, 11) is 0. The van der Waals surface area contributed by atoms with Crippen LogP contribution in [0.3, 0.4) is 0 Å². The van der Waals surface area contributed by atoms with Crippen molar-refractivity contribution in [3.8, 4) is 0 Å². The number of aliphatic hydroxyl groups excluding tert-OH is 2. The fraction of sp³-hybridized carbons (Fsp3) is 0.600. The standard InChI is InChI=1S/C30H46N2O3.BrH/c33-26-28(30(35)27-20-14-12-15-21-27)31-29(34)22-16-10-8-6-4-2-1-3-5-7-9-11-17-23-32-24-18-13-19-25-32;/h12-15,18-21,24-25,28,30,33,35H,1-11,16-17,22-23,26H2;1H/t28-,30-;/m1./s1. The number of unbranched alkanes of at least 4 members (excludes halogenated alkanes) is 12. The zero-order valence-corrected chi connectivity index (χ0v) is 23.5. The third-order valence-electron chi connectivity index (χ3n) is 6.66. The minimum Gasteiger partial charge on any atom is -1.00 e. The summed E-state index contributed by atoms with van der Waals surface area (Å²) >= 11 is 0. The van der Waals surface area contributed by atoms with Crippen molar-refractivity contribution >= 4 is 5.91 Å². The Labute approximate surface area is 229 Å². The lowest BCUT2D eigenvalue weighted by atomic mass is 10.0. The van der Waals surface area contributed by atoms with Crippen molar-refractivity contribution in [1.82, 2.24) is 5.32 Å². The molecule has 1 aromatic carbocycles. The number of aryl methyl sites for hydroxylation is 1. The zero-order chi connectivity index (χ0) is 25.0. The van der Waals surface area contributed by atoms with E-state index in [-0.39, 0.29) is 29.5 Å². The molecule has 0 fully saturated rings. The molecule has 1 aromatic heterocycles. The van der Waals surface area contributed by atoms with E-state index in [2.05, 4.69) is 40.5 Å². The summed E-state index contributed by atoms with van der Waals surface area (Å²) in [6.07, 6.45) is 20.1. The van der Waals surface area contributed by atoms with Gasteiger partial charge in [-0.25, -0.2) is 4.57 Å². The second-order valence-corrected chi connectivity index (χ2v) is 9.67. The number of aromatic nitrogens is 1. The molecule has 0 saturated heterocycles. The first kappa shape index (κ1) is 32.3. The molecule has 1 heterocycles. The monoisotopic (exact) mass is 562 g/mol. The minimum atomic E-state index is -0.899. The van der Waals surface area contributed by atoms with Crippen molar-refractivity contribution in [2.24, 2.45) is 0 Å². The maximum Gasteiger partial charge on any atom is 0.220 e. The smallest absolute Gasteiger partial charge is 0.220 e. The van der Waals surface area contributed by atoms with E-state index < -0.39 is 12.1 Å². The van der Waals surface area contributed by atoms with Gasteiger partial charge in [-0.1, -0.05) is 101 Å². The van der Waals surface area contributed by atoms with E-state index >= 15 is 0 Å². The third kappa shape index (κ3) is 14.7. The molecule has 3 N–H and O–H groups in total. The number of pyridine rings is 1. The van der Waals surface area contributed by atoms with Crippen molar-refractivity contribution in [1.29, 1.82) is 0 Å². The van der Waals surface area contributed by atoms with Crippen molar-refractivity contribution in [2.75, 3.05) is 6.61 Å². The average molecular weight is 564 g/mol. The van der Waals surface area contributed by atoms with Crippen LogP contribution in [0.15, 0.2) is 60.9 Å². The van der Waals surface area contributed by atoms with E-state index in [1.54, 1.807) is 12.1 Å². The number of hydrogen-bond acceptors (Lipinski definition) is 3. The van der Waals surface area contributed by atoms with Crippen molar-refractivity contribution in [3.05, 3.63) is 66.5 Å². The van der Waals surface area contributed by atoms with Crippen LogP contribution in [0.2, 0.25) is 0 Å². The van der Waals surface area contributed by atoms with Gasteiger partial charge in [-0.3, -0.25) is 4.79 Å². The van der Waals surface area contributed by atoms with Gasteiger partial charge >= 0.3 is 0 Å². The maximum absolute atomic E-state index is 12.2. The van der Waals surface area contributed by atoms with Crippen LogP contribution in [0.5, 0.6) is 0 Å². The number of nitrogens with zero attached hydrogens (tertiary/aromatic N) is 1. The highest BCUT2D eigenvalue weighted by Gasteiger charge is 2.21. The first-order valence-corrected chi connectivity index (χ1v) is 13.8. The first-order valence-electron chi connectivity index (χ1n) is 13.8. The van der Waals surface area contributed by atoms with Crippen molar-refractivity contribution in [3.63, 3.8) is 0 Å². The molecule has 0 bridgehead atoms. The minimum absolute atomic E-state index is 0. The largest absolute Gasteiger partial charge is 1.00 e. The Bertz CT molecular complexity index is 776. The summed E-state index contributed by atoms with van der Waals surface area (Å²) in [6, 6.07) is 14.7. The van der Waals surface area contributed by atoms with Crippen molar-refractivity contribution in [2.45, 2.75) is 109 Å². The van der Waals surface area contributed by atoms with E-state index in [0.717, 1.165) is 19.4 Å². The highest BCUT2D eigenvalue weighted by Crippen LogP contribution is 2.17. The lowest BCUT2D eigenvalue weighted by Gasteiger charge is -2.22. The number of hydrogen-bond donors (Lipinski definition) is 3. The van der Waals surface area contributed by atoms with E-state index in [0.29, 0.717) is 12.0 Å². The Hall–Kier alpha value is -1.76. The number of halogens is 1. The molecular weight excluding hydrogens is 516 g/mol. The zero-order valence-electron chi connectivity index (χ0n) is 21.9. The maximum atomic E-state index is 12.2. The highest BCUT2D eigenvalue weighted by atomic mass is 79.9. The average Bonchev–Trinajstić information content (AvgIpc) is 2.90. The summed E-state index contributed by atoms with van der Waals surface area (Å²) in [5.74, 6) is -0.0992. The van der Waals surface area contributed by atoms with Gasteiger partial charge in [0.2, 0.25) is 5.91 Å². The molecular formula is C30H47BrN2O3. The molecule has 202 valence electrons. The van der Waals surface area contributed by atoms with Crippen LogP contribution in [0.1, 0.15) is 102 Å². The molecule has 0 aliphatic carbocycles. The van der Waals surface area contributed by atoms with E-state index in [4.69, 9.17) is 0 Å². The fourth-order valence-corrected chi connectivity index (χ4v) is 4.49. The number of nitrogens with one attached hydrogen (secondary N) is 1. The number of aliphatic hydroxyl groups is 2. The second-order valence-electron chi connectivity index (χ2n) is 9.67. The van der Waals surface area contributed by atoms with E-state index in [9.17, 15) is 15.0 Å². The molecule has 0 spiro atoms. The van der Waals surface area contributed by atoms with Gasteiger partial charge in [0, 0.05) is 25.0 Å². The van der Waals surface area contributed by atoms with Gasteiger partial charge in [-0.2, -0.15) is 0 Å². The number of carbonyl (C=O) groups excluding carboxylic acids is 1. The number of carbonyl (C=O) groups is 1. The van der Waals surface area contributed by atoms with Gasteiger partial charge in [0.25, 0.3) is 0 Å². The molecule has 2 aromatic rings. The number of benzene rings is 1. The molecule has 0 radical (unpaired) electrons. The van der Waals surface area contributed by atoms with Crippen molar-refractivity contribution < 1.29 is 36.6 Å². The summed E-state index contributed by atoms with van der Waals surface area (Å²) in [4.78, 5) is 12.2. The predicted octanol–water partition coefficient (Wildman–Crippen LogP) is 2.65. The molecule has 2 atom stereocenters. The van der Waals surface area contributed by atoms with E-state index in [1.807, 2.05) is 18.2 Å². The van der Waals surface area contributed by atoms with Gasteiger partial charge in [0.05, 0.1) is 12.6 Å². The summed E-state index contributed by atoms with van der Waals surface area (Å²) in [6.45, 7) is 0.849. The van der Waals surface area contributed by atoms with Gasteiger partial charge in [-0.15, -0.1) is 0 Å². The van der Waals surface area contributed by atoms with E-state index in [1.165, 1.54) is 70.6 Å². The van der Waals surface area contributed by atoms with Gasteiger partial charge in [-0.05, 0) is 18.4 Å². The predicted molar refractivity (Wildman–Crippen MR) is 142 cm³/mol. The first-order chi connectivity index (χ1) is 17.2. The van der Waals surface area contributed by atoms with Gasteiger partial charge in [0.15, 0.2) is 12.4 Å². The van der Waals surface area contributed by atoms with Gasteiger partial charge in [0.1, 0.15) is 12.6 Å². The molecule has 36 heavy (non-hydrogen) atoms. The summed E-state index contributed by atoms with van der Waals surface area (Å²) in [5.41, 5.74) is 0.699. The fourth-order valence-electron chi connectivity index (χ4n) is 4.49. The number of rotatable bonds is 20. The van der Waals surface area contributed by atoms with Crippen LogP contribution in [0, 0.1) is 0 Å².